The SMILES string of the molecule is CCc1noc(C)c1C(=O)Nc1ccc(C(=O)O)c(F)c1. The first kappa shape index (κ1) is 14.7. The summed E-state index contributed by atoms with van der Waals surface area (Å²) in [5.74, 6) is -2.40. The quantitative estimate of drug-likeness (QED) is 0.903. The van der Waals surface area contributed by atoms with E-state index in [4.69, 9.17) is 9.63 Å². The molecule has 0 saturated carbocycles. The second-order valence-electron chi connectivity index (χ2n) is 4.37. The second kappa shape index (κ2) is 5.74. The lowest BCUT2D eigenvalue weighted by atomic mass is 10.1. The highest BCUT2D eigenvalue weighted by molar-refractivity contribution is 6.05. The van der Waals surface area contributed by atoms with Crippen molar-refractivity contribution in [3.63, 3.8) is 0 Å². The summed E-state index contributed by atoms with van der Waals surface area (Å²) >= 11 is 0. The molecular weight excluding hydrogens is 279 g/mol. The molecule has 0 aliphatic rings. The molecule has 7 heteroatoms. The van der Waals surface area contributed by atoms with Crippen molar-refractivity contribution >= 4 is 17.6 Å². The first-order valence-corrected chi connectivity index (χ1v) is 6.23. The van der Waals surface area contributed by atoms with Crippen LogP contribution < -0.4 is 5.32 Å². The zero-order valence-electron chi connectivity index (χ0n) is 11.4. The van der Waals surface area contributed by atoms with Crippen molar-refractivity contribution < 1.29 is 23.6 Å². The Bertz CT molecular complexity index is 709. The number of amides is 1. The Morgan fingerprint density at radius 2 is 2.14 bits per heavy atom. The Morgan fingerprint density at radius 1 is 1.43 bits per heavy atom. The number of carbonyl (C=O) groups is 2. The zero-order chi connectivity index (χ0) is 15.6. The van der Waals surface area contributed by atoms with Crippen molar-refractivity contribution in [1.29, 1.82) is 0 Å². The number of anilines is 1. The van der Waals surface area contributed by atoms with E-state index >= 15 is 0 Å². The van der Waals surface area contributed by atoms with Gasteiger partial charge in [-0.25, -0.2) is 9.18 Å². The van der Waals surface area contributed by atoms with Gasteiger partial charge >= 0.3 is 5.97 Å². The number of aryl methyl sites for hydroxylation is 2. The number of carboxylic acids is 1. The molecule has 1 amide bonds. The number of nitrogens with one attached hydrogen (secondary N) is 1. The predicted molar refractivity (Wildman–Crippen MR) is 71.9 cm³/mol. The van der Waals surface area contributed by atoms with E-state index in [2.05, 4.69) is 10.5 Å². The van der Waals surface area contributed by atoms with Crippen molar-refractivity contribution in [3.8, 4) is 0 Å². The molecule has 0 aliphatic carbocycles. The van der Waals surface area contributed by atoms with E-state index in [1.54, 1.807) is 6.92 Å². The topological polar surface area (TPSA) is 92.4 Å². The number of aromatic carboxylic acids is 1. The fraction of sp³-hybridized carbons (Fsp3) is 0.214. The number of carbonyl (C=O) groups excluding carboxylic acids is 1. The van der Waals surface area contributed by atoms with E-state index in [9.17, 15) is 14.0 Å². The largest absolute Gasteiger partial charge is 0.478 e. The minimum atomic E-state index is -1.37. The Kier molecular flexibility index (Phi) is 4.02. The summed E-state index contributed by atoms with van der Waals surface area (Å²) in [6, 6.07) is 3.36. The van der Waals surface area contributed by atoms with Crippen LogP contribution in [0.2, 0.25) is 0 Å². The van der Waals surface area contributed by atoms with Gasteiger partial charge in [0.25, 0.3) is 5.91 Å². The molecule has 2 rings (SSSR count). The first-order valence-electron chi connectivity index (χ1n) is 6.23. The van der Waals surface area contributed by atoms with Gasteiger partial charge in [0, 0.05) is 5.69 Å². The van der Waals surface area contributed by atoms with E-state index in [0.29, 0.717) is 23.4 Å². The first-order chi connectivity index (χ1) is 9.93. The van der Waals surface area contributed by atoms with Gasteiger partial charge < -0.3 is 14.9 Å². The van der Waals surface area contributed by atoms with Crippen LogP contribution in [0.25, 0.3) is 0 Å². The maximum atomic E-state index is 13.6. The van der Waals surface area contributed by atoms with Crippen molar-refractivity contribution in [1.82, 2.24) is 5.16 Å². The second-order valence-corrected chi connectivity index (χ2v) is 4.37. The molecule has 2 N–H and O–H groups in total. The van der Waals surface area contributed by atoms with Gasteiger partial charge in [-0.05, 0) is 31.5 Å². The van der Waals surface area contributed by atoms with Crippen LogP contribution in [0.4, 0.5) is 10.1 Å². The standard InChI is InChI=1S/C14H13FN2O4/c1-3-11-12(7(2)21-17-11)13(18)16-8-4-5-9(14(19)20)10(15)6-8/h4-6H,3H2,1-2H3,(H,16,18)(H,19,20). The monoisotopic (exact) mass is 292 g/mol. The number of hydrogen-bond acceptors (Lipinski definition) is 4. The van der Waals surface area contributed by atoms with Crippen molar-refractivity contribution in [2.45, 2.75) is 20.3 Å². The van der Waals surface area contributed by atoms with E-state index in [-0.39, 0.29) is 5.69 Å². The summed E-state index contributed by atoms with van der Waals surface area (Å²) in [5.41, 5.74) is 0.515. The van der Waals surface area contributed by atoms with E-state index < -0.39 is 23.3 Å². The predicted octanol–water partition coefficient (Wildman–Crippen LogP) is 2.64. The molecule has 0 spiro atoms. The smallest absolute Gasteiger partial charge is 0.338 e. The summed E-state index contributed by atoms with van der Waals surface area (Å²) in [5, 5.41) is 15.0. The Hall–Kier alpha value is -2.70. The van der Waals surface area contributed by atoms with Gasteiger partial charge in [-0.15, -0.1) is 0 Å². The minimum Gasteiger partial charge on any atom is -0.478 e. The molecular formula is C14H13FN2O4. The maximum Gasteiger partial charge on any atom is 0.338 e. The maximum absolute atomic E-state index is 13.6. The fourth-order valence-electron chi connectivity index (χ4n) is 1.91. The summed E-state index contributed by atoms with van der Waals surface area (Å²) < 4.78 is 18.5. The van der Waals surface area contributed by atoms with Gasteiger partial charge in [0.2, 0.25) is 0 Å². The Morgan fingerprint density at radius 3 is 2.71 bits per heavy atom. The molecule has 6 nitrogen and oxygen atoms in total. The lowest BCUT2D eigenvalue weighted by Gasteiger charge is -2.06. The average Bonchev–Trinajstić information content (AvgIpc) is 2.79. The highest BCUT2D eigenvalue weighted by Gasteiger charge is 2.20. The molecule has 1 aromatic carbocycles. The normalized spacial score (nSPS) is 10.4. The fourth-order valence-corrected chi connectivity index (χ4v) is 1.91. The van der Waals surface area contributed by atoms with E-state index in [1.807, 2.05) is 6.92 Å². The molecule has 0 radical (unpaired) electrons. The number of rotatable bonds is 4. The van der Waals surface area contributed by atoms with Gasteiger partial charge in [0.1, 0.15) is 17.1 Å². The number of hydrogen-bond donors (Lipinski definition) is 2. The molecule has 0 atom stereocenters. The van der Waals surface area contributed by atoms with Crippen LogP contribution in [0, 0.1) is 12.7 Å². The summed E-state index contributed by atoms with van der Waals surface area (Å²) in [6.07, 6.45) is 0.520. The molecule has 110 valence electrons. The number of halogens is 1. The number of carboxylic acid groups (broad SMARTS) is 1. The molecule has 21 heavy (non-hydrogen) atoms. The highest BCUT2D eigenvalue weighted by Crippen LogP contribution is 2.19. The molecule has 1 aromatic heterocycles. The lowest BCUT2D eigenvalue weighted by Crippen LogP contribution is -2.15. The van der Waals surface area contributed by atoms with Gasteiger partial charge in [-0.3, -0.25) is 4.79 Å². The third kappa shape index (κ3) is 2.91. The van der Waals surface area contributed by atoms with Gasteiger partial charge in [0.15, 0.2) is 0 Å². The zero-order valence-corrected chi connectivity index (χ0v) is 11.4. The Labute approximate surface area is 119 Å². The molecule has 0 aliphatic heterocycles. The summed E-state index contributed by atoms with van der Waals surface area (Å²) in [6.45, 7) is 3.44. The summed E-state index contributed by atoms with van der Waals surface area (Å²) in [7, 11) is 0. The summed E-state index contributed by atoms with van der Waals surface area (Å²) in [4.78, 5) is 22.9. The molecule has 1 heterocycles. The van der Waals surface area contributed by atoms with Gasteiger partial charge in [-0.2, -0.15) is 0 Å². The van der Waals surface area contributed by atoms with E-state index in [0.717, 1.165) is 12.1 Å². The van der Waals surface area contributed by atoms with Gasteiger partial charge in [0.05, 0.1) is 11.3 Å². The van der Waals surface area contributed by atoms with E-state index in [1.165, 1.54) is 6.07 Å². The van der Waals surface area contributed by atoms with Crippen LogP contribution in [0.5, 0.6) is 0 Å². The van der Waals surface area contributed by atoms with Crippen LogP contribution in [-0.4, -0.2) is 22.1 Å². The molecule has 0 fully saturated rings. The number of aromatic nitrogens is 1. The van der Waals surface area contributed by atoms with Crippen LogP contribution in [0.1, 0.15) is 39.1 Å². The van der Waals surface area contributed by atoms with Crippen LogP contribution in [0.3, 0.4) is 0 Å². The third-order valence-corrected chi connectivity index (χ3v) is 2.95. The molecule has 0 bridgehead atoms. The third-order valence-electron chi connectivity index (χ3n) is 2.95. The highest BCUT2D eigenvalue weighted by atomic mass is 19.1. The van der Waals surface area contributed by atoms with Crippen molar-refractivity contribution in [2.75, 3.05) is 5.32 Å². The van der Waals surface area contributed by atoms with Crippen molar-refractivity contribution in [3.05, 3.63) is 46.6 Å². The lowest BCUT2D eigenvalue weighted by molar-refractivity contribution is 0.0692. The molecule has 0 saturated heterocycles. The minimum absolute atomic E-state index is 0.158. The number of benzene rings is 1. The van der Waals surface area contributed by atoms with Crippen LogP contribution in [0.15, 0.2) is 22.7 Å². The molecule has 2 aromatic rings. The number of nitrogens with zero attached hydrogens (tertiary/aromatic N) is 1. The Balaban J connectivity index is 2.26. The van der Waals surface area contributed by atoms with Crippen LogP contribution >= 0.6 is 0 Å². The van der Waals surface area contributed by atoms with Crippen molar-refractivity contribution in [2.24, 2.45) is 0 Å². The van der Waals surface area contributed by atoms with Crippen LogP contribution in [-0.2, 0) is 6.42 Å². The molecule has 0 unspecified atom stereocenters. The van der Waals surface area contributed by atoms with Gasteiger partial charge in [-0.1, -0.05) is 12.1 Å². The average molecular weight is 292 g/mol.